The van der Waals surface area contributed by atoms with E-state index in [9.17, 15) is 4.79 Å². The van der Waals surface area contributed by atoms with Gasteiger partial charge in [0.1, 0.15) is 0 Å². The van der Waals surface area contributed by atoms with Crippen molar-refractivity contribution in [1.29, 1.82) is 5.26 Å². The summed E-state index contributed by atoms with van der Waals surface area (Å²) in [5, 5.41) is 20.1. The van der Waals surface area contributed by atoms with Crippen molar-refractivity contribution in [3.05, 3.63) is 23.8 Å². The SMILES string of the molecule is N#Cc1ccc(N2CCCC(NC(=O)O)C2)c(N)c1. The number of amides is 1. The van der Waals surface area contributed by atoms with Gasteiger partial charge in [0.05, 0.1) is 23.0 Å². The Morgan fingerprint density at radius 3 is 3.00 bits per heavy atom. The molecule has 100 valence electrons. The lowest BCUT2D eigenvalue weighted by atomic mass is 10.0. The standard InChI is InChI=1S/C13H16N4O2/c14-7-9-3-4-12(11(15)6-9)17-5-1-2-10(8-17)16-13(18)19/h3-4,6,10,16H,1-2,5,8,15H2,(H,18,19). The number of anilines is 2. The lowest BCUT2D eigenvalue weighted by Crippen LogP contribution is -2.47. The van der Waals surface area contributed by atoms with Crippen LogP contribution in [-0.4, -0.2) is 30.3 Å². The molecule has 1 aliphatic rings. The molecule has 1 saturated heterocycles. The molecule has 0 radical (unpaired) electrons. The molecule has 6 heteroatoms. The van der Waals surface area contributed by atoms with Crippen LogP contribution in [0.3, 0.4) is 0 Å². The summed E-state index contributed by atoms with van der Waals surface area (Å²) in [7, 11) is 0. The number of carboxylic acid groups (broad SMARTS) is 1. The largest absolute Gasteiger partial charge is 0.465 e. The van der Waals surface area contributed by atoms with E-state index in [-0.39, 0.29) is 6.04 Å². The summed E-state index contributed by atoms with van der Waals surface area (Å²) in [5.41, 5.74) is 7.88. The van der Waals surface area contributed by atoms with Crippen LogP contribution in [0.2, 0.25) is 0 Å². The van der Waals surface area contributed by atoms with E-state index in [1.165, 1.54) is 0 Å². The number of benzene rings is 1. The fourth-order valence-corrected chi connectivity index (χ4v) is 2.40. The molecule has 4 N–H and O–H groups in total. The van der Waals surface area contributed by atoms with Crippen molar-refractivity contribution in [2.24, 2.45) is 0 Å². The highest BCUT2D eigenvalue weighted by Crippen LogP contribution is 2.27. The van der Waals surface area contributed by atoms with E-state index in [4.69, 9.17) is 16.1 Å². The van der Waals surface area contributed by atoms with Crippen LogP contribution in [0.25, 0.3) is 0 Å². The third-order valence-electron chi connectivity index (χ3n) is 3.25. The molecular formula is C13H16N4O2. The van der Waals surface area contributed by atoms with Gasteiger partial charge in [-0.05, 0) is 31.0 Å². The van der Waals surface area contributed by atoms with Gasteiger partial charge < -0.3 is 21.1 Å². The van der Waals surface area contributed by atoms with E-state index in [1.54, 1.807) is 12.1 Å². The van der Waals surface area contributed by atoms with Crippen molar-refractivity contribution in [2.45, 2.75) is 18.9 Å². The molecule has 1 aromatic rings. The van der Waals surface area contributed by atoms with Crippen LogP contribution in [0, 0.1) is 11.3 Å². The Morgan fingerprint density at radius 1 is 1.58 bits per heavy atom. The molecule has 1 atom stereocenters. The first-order chi connectivity index (χ1) is 9.10. The van der Waals surface area contributed by atoms with Crippen LogP contribution in [-0.2, 0) is 0 Å². The van der Waals surface area contributed by atoms with Crippen molar-refractivity contribution in [3.63, 3.8) is 0 Å². The van der Waals surface area contributed by atoms with Gasteiger partial charge >= 0.3 is 6.09 Å². The minimum absolute atomic E-state index is 0.0821. The Labute approximate surface area is 111 Å². The van der Waals surface area contributed by atoms with Crippen LogP contribution < -0.4 is 16.0 Å². The zero-order valence-corrected chi connectivity index (χ0v) is 10.5. The summed E-state index contributed by atoms with van der Waals surface area (Å²) in [6, 6.07) is 7.14. The van der Waals surface area contributed by atoms with E-state index in [2.05, 4.69) is 10.2 Å². The number of nitrogens with zero attached hydrogens (tertiary/aromatic N) is 2. The first-order valence-electron chi connectivity index (χ1n) is 6.14. The number of carbonyl (C=O) groups is 1. The summed E-state index contributed by atoms with van der Waals surface area (Å²) in [6.07, 6.45) is 0.739. The topological polar surface area (TPSA) is 102 Å². The summed E-state index contributed by atoms with van der Waals surface area (Å²) in [6.45, 7) is 1.44. The van der Waals surface area contributed by atoms with Gasteiger partial charge in [0.25, 0.3) is 0 Å². The second-order valence-electron chi connectivity index (χ2n) is 4.62. The molecule has 0 spiro atoms. The molecule has 1 aliphatic heterocycles. The monoisotopic (exact) mass is 260 g/mol. The average Bonchev–Trinajstić information content (AvgIpc) is 2.38. The maximum Gasteiger partial charge on any atom is 0.404 e. The third-order valence-corrected chi connectivity index (χ3v) is 3.25. The molecule has 0 bridgehead atoms. The number of piperidine rings is 1. The number of rotatable bonds is 2. The zero-order chi connectivity index (χ0) is 13.8. The van der Waals surface area contributed by atoms with Gasteiger partial charge in [-0.3, -0.25) is 0 Å². The Morgan fingerprint density at radius 2 is 2.37 bits per heavy atom. The molecular weight excluding hydrogens is 244 g/mol. The van der Waals surface area contributed by atoms with Gasteiger partial charge in [-0.25, -0.2) is 4.79 Å². The highest BCUT2D eigenvalue weighted by Gasteiger charge is 2.22. The molecule has 0 saturated carbocycles. The van der Waals surface area contributed by atoms with Crippen molar-refractivity contribution in [2.75, 3.05) is 23.7 Å². The minimum Gasteiger partial charge on any atom is -0.465 e. The molecule has 19 heavy (non-hydrogen) atoms. The quantitative estimate of drug-likeness (QED) is 0.697. The van der Waals surface area contributed by atoms with Crippen molar-refractivity contribution in [1.82, 2.24) is 5.32 Å². The highest BCUT2D eigenvalue weighted by molar-refractivity contribution is 5.70. The van der Waals surface area contributed by atoms with Crippen LogP contribution >= 0.6 is 0 Å². The number of nitrogens with two attached hydrogens (primary N) is 1. The molecule has 0 aromatic heterocycles. The Hall–Kier alpha value is -2.42. The van der Waals surface area contributed by atoms with Crippen molar-refractivity contribution >= 4 is 17.5 Å². The fraction of sp³-hybridized carbons (Fsp3) is 0.385. The van der Waals surface area contributed by atoms with E-state index in [1.807, 2.05) is 12.1 Å². The molecule has 1 aromatic carbocycles. The lowest BCUT2D eigenvalue weighted by Gasteiger charge is -2.34. The van der Waals surface area contributed by atoms with Gasteiger partial charge in [0.2, 0.25) is 0 Å². The third kappa shape index (κ3) is 3.07. The van der Waals surface area contributed by atoms with Crippen molar-refractivity contribution in [3.8, 4) is 6.07 Å². The fourth-order valence-electron chi connectivity index (χ4n) is 2.40. The average molecular weight is 260 g/mol. The summed E-state index contributed by atoms with van der Waals surface area (Å²) in [5.74, 6) is 0. The molecule has 2 rings (SSSR count). The summed E-state index contributed by atoms with van der Waals surface area (Å²) < 4.78 is 0. The maximum absolute atomic E-state index is 10.7. The van der Waals surface area contributed by atoms with E-state index >= 15 is 0 Å². The van der Waals surface area contributed by atoms with E-state index in [0.29, 0.717) is 17.8 Å². The number of hydrogen-bond donors (Lipinski definition) is 3. The molecule has 1 amide bonds. The molecule has 0 aliphatic carbocycles. The maximum atomic E-state index is 10.7. The van der Waals surface area contributed by atoms with Gasteiger partial charge in [0.15, 0.2) is 0 Å². The normalized spacial score (nSPS) is 18.7. The Kier molecular flexibility index (Phi) is 3.76. The van der Waals surface area contributed by atoms with Crippen LogP contribution in [0.15, 0.2) is 18.2 Å². The summed E-state index contributed by atoms with van der Waals surface area (Å²) in [4.78, 5) is 12.7. The summed E-state index contributed by atoms with van der Waals surface area (Å²) >= 11 is 0. The van der Waals surface area contributed by atoms with Crippen LogP contribution in [0.5, 0.6) is 0 Å². The van der Waals surface area contributed by atoms with Gasteiger partial charge in [0, 0.05) is 19.1 Å². The second kappa shape index (κ2) is 5.48. The highest BCUT2D eigenvalue weighted by atomic mass is 16.4. The van der Waals surface area contributed by atoms with Gasteiger partial charge in [-0.1, -0.05) is 0 Å². The molecule has 1 fully saturated rings. The first-order valence-corrected chi connectivity index (χ1v) is 6.14. The first kappa shape index (κ1) is 13.0. The smallest absolute Gasteiger partial charge is 0.404 e. The molecule has 6 nitrogen and oxygen atoms in total. The lowest BCUT2D eigenvalue weighted by molar-refractivity contribution is 0.188. The molecule has 1 unspecified atom stereocenters. The Balaban J connectivity index is 2.13. The van der Waals surface area contributed by atoms with Crippen molar-refractivity contribution < 1.29 is 9.90 Å². The second-order valence-corrected chi connectivity index (χ2v) is 4.62. The predicted molar refractivity (Wildman–Crippen MR) is 72.0 cm³/mol. The Bertz CT molecular complexity index is 524. The van der Waals surface area contributed by atoms with Crippen LogP contribution in [0.1, 0.15) is 18.4 Å². The predicted octanol–water partition coefficient (Wildman–Crippen LogP) is 1.38. The van der Waals surface area contributed by atoms with Gasteiger partial charge in [-0.15, -0.1) is 0 Å². The number of nitriles is 1. The minimum atomic E-state index is -1.00. The number of nitrogens with one attached hydrogen (secondary N) is 1. The van der Waals surface area contributed by atoms with Gasteiger partial charge in [-0.2, -0.15) is 5.26 Å². The molecule has 1 heterocycles. The van der Waals surface area contributed by atoms with Crippen LogP contribution in [0.4, 0.5) is 16.2 Å². The van der Waals surface area contributed by atoms with E-state index < -0.39 is 6.09 Å². The number of hydrogen-bond acceptors (Lipinski definition) is 4. The zero-order valence-electron chi connectivity index (χ0n) is 10.5. The number of nitrogen functional groups attached to an aromatic ring is 1. The van der Waals surface area contributed by atoms with E-state index in [0.717, 1.165) is 25.1 Å².